The Hall–Kier alpha value is -4.97. The minimum atomic E-state index is -0.354. The number of carbonyl (C=O) groups excluding carboxylic acids is 2. The van der Waals surface area contributed by atoms with E-state index in [4.69, 9.17) is 4.74 Å². The Morgan fingerprint density at radius 1 is 0.707 bits per heavy atom. The van der Waals surface area contributed by atoms with Gasteiger partial charge in [0.15, 0.2) is 0 Å². The first kappa shape index (κ1) is 26.3. The monoisotopic (exact) mass is 542 g/mol. The molecule has 0 bridgehead atoms. The van der Waals surface area contributed by atoms with Gasteiger partial charge in [0.25, 0.3) is 17.4 Å². The Labute approximate surface area is 238 Å². The molecule has 0 unspecified atom stereocenters. The molecule has 1 aliphatic heterocycles. The predicted octanol–water partition coefficient (Wildman–Crippen LogP) is 6.70. The van der Waals surface area contributed by atoms with Crippen LogP contribution in [0.2, 0.25) is 0 Å². The van der Waals surface area contributed by atoms with Crippen LogP contribution in [0.4, 0.5) is 0 Å². The molecule has 41 heavy (non-hydrogen) atoms. The molecular weight excluding hydrogens is 512 g/mol. The van der Waals surface area contributed by atoms with Crippen LogP contribution in [0.1, 0.15) is 45.8 Å². The number of imide groups is 1. The highest BCUT2D eigenvalue weighted by Gasteiger charge is 2.36. The van der Waals surface area contributed by atoms with E-state index in [9.17, 15) is 14.4 Å². The number of fused-ring (bicyclic) bond motifs is 2. The molecular formula is C35H30N2O4. The van der Waals surface area contributed by atoms with Gasteiger partial charge in [0, 0.05) is 28.6 Å². The number of aromatic nitrogens is 1. The summed E-state index contributed by atoms with van der Waals surface area (Å²) in [5.74, 6) is 0.0794. The van der Waals surface area contributed by atoms with Crippen molar-refractivity contribution in [1.82, 2.24) is 9.47 Å². The van der Waals surface area contributed by atoms with Gasteiger partial charge in [-0.25, -0.2) is 0 Å². The van der Waals surface area contributed by atoms with Gasteiger partial charge >= 0.3 is 0 Å². The van der Waals surface area contributed by atoms with Gasteiger partial charge < -0.3 is 9.30 Å². The summed E-state index contributed by atoms with van der Waals surface area (Å²) in [6.45, 7) is 4.90. The molecule has 5 aromatic rings. The fourth-order valence-electron chi connectivity index (χ4n) is 5.49. The van der Waals surface area contributed by atoms with E-state index < -0.39 is 0 Å². The van der Waals surface area contributed by atoms with Crippen molar-refractivity contribution in [2.75, 3.05) is 0 Å². The molecule has 6 heteroatoms. The molecule has 6 nitrogen and oxygen atoms in total. The van der Waals surface area contributed by atoms with E-state index in [2.05, 4.69) is 0 Å². The Morgan fingerprint density at radius 3 is 1.95 bits per heavy atom. The third-order valence-electron chi connectivity index (χ3n) is 7.39. The van der Waals surface area contributed by atoms with Crippen molar-refractivity contribution in [3.05, 3.63) is 136 Å². The van der Waals surface area contributed by atoms with Crippen LogP contribution in [-0.4, -0.2) is 21.3 Å². The van der Waals surface area contributed by atoms with Crippen LogP contribution in [0.5, 0.6) is 5.75 Å². The topological polar surface area (TPSA) is 68.6 Å². The predicted molar refractivity (Wildman–Crippen MR) is 160 cm³/mol. The number of hydrogen-bond donors (Lipinski definition) is 0. The minimum absolute atomic E-state index is 0.0242. The molecule has 0 radical (unpaired) electrons. The maximum atomic E-state index is 14.0. The molecule has 204 valence electrons. The van der Waals surface area contributed by atoms with Crippen molar-refractivity contribution in [2.24, 2.45) is 5.92 Å². The van der Waals surface area contributed by atoms with Crippen LogP contribution < -0.4 is 10.3 Å². The average Bonchev–Trinajstić information content (AvgIpc) is 3.23. The normalized spacial score (nSPS) is 12.8. The van der Waals surface area contributed by atoms with Crippen LogP contribution in [0.25, 0.3) is 21.9 Å². The number of ether oxygens (including phenoxy) is 1. The average molecular weight is 543 g/mol. The minimum Gasteiger partial charge on any atom is -0.489 e. The molecule has 0 fully saturated rings. The fraction of sp³-hybridized carbons (Fsp3) is 0.171. The third kappa shape index (κ3) is 4.93. The summed E-state index contributed by atoms with van der Waals surface area (Å²) in [5, 5.41) is 1.28. The van der Waals surface area contributed by atoms with Crippen LogP contribution in [0.15, 0.2) is 108 Å². The summed E-state index contributed by atoms with van der Waals surface area (Å²) in [4.78, 5) is 42.1. The van der Waals surface area contributed by atoms with Crippen molar-refractivity contribution in [3.63, 3.8) is 0 Å². The van der Waals surface area contributed by atoms with E-state index in [-0.39, 0.29) is 29.8 Å². The Balaban J connectivity index is 1.54. The number of rotatable bonds is 8. The summed E-state index contributed by atoms with van der Waals surface area (Å²) < 4.78 is 7.89. The van der Waals surface area contributed by atoms with Crippen LogP contribution >= 0.6 is 0 Å². The Kier molecular flexibility index (Phi) is 6.98. The lowest BCUT2D eigenvalue weighted by Gasteiger charge is -2.24. The SMILES string of the molecule is CC(C)Cn1c(CN2C(=O)c3ccccc3C2=O)c(-c2ccccc2)c2cc(OCc3ccccc3)ccc2c1=O. The van der Waals surface area contributed by atoms with Gasteiger partial charge in [-0.1, -0.05) is 86.6 Å². The van der Waals surface area contributed by atoms with Gasteiger partial charge in [-0.3, -0.25) is 19.3 Å². The van der Waals surface area contributed by atoms with Gasteiger partial charge in [0.2, 0.25) is 0 Å². The Morgan fingerprint density at radius 2 is 1.32 bits per heavy atom. The maximum Gasteiger partial charge on any atom is 0.261 e. The number of nitrogens with zero attached hydrogens (tertiary/aromatic N) is 2. The number of carbonyl (C=O) groups is 2. The number of pyridine rings is 1. The molecule has 0 aliphatic carbocycles. The molecule has 4 aromatic carbocycles. The third-order valence-corrected chi connectivity index (χ3v) is 7.39. The quantitative estimate of drug-likeness (QED) is 0.205. The summed E-state index contributed by atoms with van der Waals surface area (Å²) in [6.07, 6.45) is 0. The van der Waals surface area contributed by atoms with E-state index in [1.54, 1.807) is 28.8 Å². The molecule has 0 saturated heterocycles. The van der Waals surface area contributed by atoms with Gasteiger partial charge in [-0.15, -0.1) is 0 Å². The zero-order valence-electron chi connectivity index (χ0n) is 23.0. The summed E-state index contributed by atoms with van der Waals surface area (Å²) in [5.41, 5.74) is 3.97. The molecule has 2 heterocycles. The highest BCUT2D eigenvalue weighted by Crippen LogP contribution is 2.35. The Bertz CT molecular complexity index is 1790. The standard InChI is InChI=1S/C35H30N2O4/c1-23(2)20-36-31(21-37-34(39)27-15-9-10-16-28(27)35(37)40)32(25-13-7-4-8-14-25)30-19-26(17-18-29(30)33(36)38)41-22-24-11-5-3-6-12-24/h3-19,23H,20-22H2,1-2H3. The molecule has 2 amide bonds. The van der Waals surface area contributed by atoms with Crippen LogP contribution in [0.3, 0.4) is 0 Å². The lowest BCUT2D eigenvalue weighted by Crippen LogP contribution is -2.34. The van der Waals surface area contributed by atoms with Crippen LogP contribution in [0, 0.1) is 5.92 Å². The van der Waals surface area contributed by atoms with Crippen molar-refractivity contribution in [3.8, 4) is 16.9 Å². The molecule has 0 N–H and O–H groups in total. The van der Waals surface area contributed by atoms with Gasteiger partial charge in [-0.2, -0.15) is 0 Å². The smallest absolute Gasteiger partial charge is 0.261 e. The number of benzene rings is 4. The molecule has 1 aromatic heterocycles. The molecule has 0 saturated carbocycles. The second-order valence-electron chi connectivity index (χ2n) is 10.7. The summed E-state index contributed by atoms with van der Waals surface area (Å²) in [7, 11) is 0. The molecule has 0 atom stereocenters. The van der Waals surface area contributed by atoms with E-state index in [0.717, 1.165) is 22.1 Å². The highest BCUT2D eigenvalue weighted by atomic mass is 16.5. The largest absolute Gasteiger partial charge is 0.489 e. The number of hydrogen-bond acceptors (Lipinski definition) is 4. The lowest BCUT2D eigenvalue weighted by atomic mass is 9.95. The van der Waals surface area contributed by atoms with E-state index in [1.165, 1.54) is 4.90 Å². The van der Waals surface area contributed by atoms with Gasteiger partial charge in [0.1, 0.15) is 12.4 Å². The first-order chi connectivity index (χ1) is 19.9. The number of amides is 2. The summed E-state index contributed by atoms with van der Waals surface area (Å²) in [6, 6.07) is 32.1. The first-order valence-corrected chi connectivity index (χ1v) is 13.8. The molecule has 1 aliphatic rings. The highest BCUT2D eigenvalue weighted by molar-refractivity contribution is 6.21. The first-order valence-electron chi connectivity index (χ1n) is 13.8. The second kappa shape index (κ2) is 10.9. The van der Waals surface area contributed by atoms with E-state index >= 15 is 0 Å². The van der Waals surface area contributed by atoms with E-state index in [0.29, 0.717) is 41.1 Å². The second-order valence-corrected chi connectivity index (χ2v) is 10.7. The van der Waals surface area contributed by atoms with Crippen molar-refractivity contribution < 1.29 is 14.3 Å². The zero-order chi connectivity index (χ0) is 28.5. The molecule has 0 spiro atoms. The zero-order valence-corrected chi connectivity index (χ0v) is 23.0. The van der Waals surface area contributed by atoms with Crippen molar-refractivity contribution >= 4 is 22.6 Å². The maximum absolute atomic E-state index is 14.0. The van der Waals surface area contributed by atoms with E-state index in [1.807, 2.05) is 92.7 Å². The molecule has 6 rings (SSSR count). The van der Waals surface area contributed by atoms with Gasteiger partial charge in [-0.05, 0) is 47.4 Å². The fourth-order valence-corrected chi connectivity index (χ4v) is 5.49. The van der Waals surface area contributed by atoms with Gasteiger partial charge in [0.05, 0.1) is 17.7 Å². The van der Waals surface area contributed by atoms with Crippen LogP contribution in [-0.2, 0) is 19.7 Å². The lowest BCUT2D eigenvalue weighted by molar-refractivity contribution is 0.0638. The van der Waals surface area contributed by atoms with Crippen molar-refractivity contribution in [1.29, 1.82) is 0 Å². The van der Waals surface area contributed by atoms with Crippen molar-refractivity contribution in [2.45, 2.75) is 33.5 Å². The summed E-state index contributed by atoms with van der Waals surface area (Å²) >= 11 is 0.